The molecule has 0 rings (SSSR count). The van der Waals surface area contributed by atoms with Crippen LogP contribution in [0.4, 0.5) is 0 Å². The van der Waals surface area contributed by atoms with Crippen LogP contribution in [-0.2, 0) is 65.4 Å². The van der Waals surface area contributed by atoms with Crippen molar-refractivity contribution in [2.45, 2.75) is 408 Å². The predicted molar refractivity (Wildman–Crippen MR) is 391 cm³/mol. The maximum Gasteiger partial charge on any atom is 0.472 e. The van der Waals surface area contributed by atoms with Gasteiger partial charge in [-0.15, -0.1) is 0 Å². The van der Waals surface area contributed by atoms with Crippen LogP contribution in [-0.4, -0.2) is 96.7 Å². The predicted octanol–water partition coefficient (Wildman–Crippen LogP) is 22.4. The van der Waals surface area contributed by atoms with Crippen molar-refractivity contribution in [3.63, 3.8) is 0 Å². The number of hydrogen-bond donors (Lipinski definition) is 3. The monoisotopic (exact) mass is 1410 g/mol. The molecule has 0 aliphatic heterocycles. The molecule has 0 radical (unpaired) electrons. The Morgan fingerprint density at radius 3 is 0.646 bits per heavy atom. The van der Waals surface area contributed by atoms with Crippen LogP contribution in [0.25, 0.3) is 0 Å². The van der Waals surface area contributed by atoms with Crippen molar-refractivity contribution < 1.29 is 80.2 Å². The van der Waals surface area contributed by atoms with Gasteiger partial charge in [0.15, 0.2) is 12.2 Å². The molecule has 0 fully saturated rings. The van der Waals surface area contributed by atoms with E-state index in [1.807, 2.05) is 0 Å². The Hall–Kier alpha value is -1.94. The van der Waals surface area contributed by atoms with Crippen LogP contribution in [0.5, 0.6) is 0 Å². The van der Waals surface area contributed by atoms with Gasteiger partial charge >= 0.3 is 39.5 Å². The second-order valence-corrected chi connectivity index (χ2v) is 32.6. The van der Waals surface area contributed by atoms with Crippen LogP contribution in [0.1, 0.15) is 389 Å². The molecule has 0 aromatic rings. The molecule has 2 unspecified atom stereocenters. The van der Waals surface area contributed by atoms with Crippen LogP contribution in [0.2, 0.25) is 0 Å². The summed E-state index contributed by atoms with van der Waals surface area (Å²) in [5.74, 6) is 0.885. The number of esters is 4. The summed E-state index contributed by atoms with van der Waals surface area (Å²) < 4.78 is 68.5. The summed E-state index contributed by atoms with van der Waals surface area (Å²) >= 11 is 0. The number of aliphatic hydroxyl groups excluding tert-OH is 1. The maximum atomic E-state index is 13.1. The molecular formula is C77H150O17P2. The second-order valence-electron chi connectivity index (χ2n) is 29.7. The average Bonchev–Trinajstić information content (AvgIpc) is 3.56. The summed E-state index contributed by atoms with van der Waals surface area (Å²) in [6.07, 6.45) is 51.6. The highest BCUT2D eigenvalue weighted by molar-refractivity contribution is 7.47. The first-order valence-corrected chi connectivity index (χ1v) is 42.7. The first kappa shape index (κ1) is 94.1. The van der Waals surface area contributed by atoms with E-state index in [0.29, 0.717) is 31.6 Å². The molecule has 0 saturated heterocycles. The number of carbonyl (C=O) groups is 4. The zero-order valence-corrected chi connectivity index (χ0v) is 64.8. The Morgan fingerprint density at radius 2 is 0.438 bits per heavy atom. The number of hydrogen-bond acceptors (Lipinski definition) is 15. The zero-order valence-electron chi connectivity index (χ0n) is 63.0. The summed E-state index contributed by atoms with van der Waals surface area (Å²) in [5.41, 5.74) is 0. The normalized spacial score (nSPS) is 14.1. The van der Waals surface area contributed by atoms with Crippen LogP contribution in [0.3, 0.4) is 0 Å². The topological polar surface area (TPSA) is 237 Å². The quantitative estimate of drug-likeness (QED) is 0.0222. The molecule has 0 aromatic heterocycles. The van der Waals surface area contributed by atoms with Crippen molar-refractivity contribution in [3.8, 4) is 0 Å². The number of rotatable bonds is 74. The molecule has 0 bridgehead atoms. The number of ether oxygens (including phenoxy) is 4. The third kappa shape index (κ3) is 70.5. The van der Waals surface area contributed by atoms with E-state index in [2.05, 4.69) is 55.4 Å². The van der Waals surface area contributed by atoms with Crippen molar-refractivity contribution in [2.24, 2.45) is 23.7 Å². The Labute approximate surface area is 588 Å². The van der Waals surface area contributed by atoms with Crippen molar-refractivity contribution in [1.82, 2.24) is 0 Å². The van der Waals surface area contributed by atoms with Gasteiger partial charge in [-0.25, -0.2) is 9.13 Å². The first-order valence-electron chi connectivity index (χ1n) is 39.7. The van der Waals surface area contributed by atoms with Gasteiger partial charge in [-0.1, -0.05) is 338 Å². The van der Waals surface area contributed by atoms with Gasteiger partial charge in [-0.05, 0) is 49.4 Å². The molecule has 0 heterocycles. The van der Waals surface area contributed by atoms with Gasteiger partial charge in [-0.2, -0.15) is 0 Å². The number of unbranched alkanes of at least 4 members (excludes halogenated alkanes) is 40. The van der Waals surface area contributed by atoms with Crippen LogP contribution < -0.4 is 0 Å². The second kappa shape index (κ2) is 66.3. The number of phosphoric acid groups is 2. The van der Waals surface area contributed by atoms with E-state index in [1.165, 1.54) is 186 Å². The summed E-state index contributed by atoms with van der Waals surface area (Å²) in [5, 5.41) is 10.6. The lowest BCUT2D eigenvalue weighted by Crippen LogP contribution is -2.30. The first-order chi connectivity index (χ1) is 46.1. The summed E-state index contributed by atoms with van der Waals surface area (Å²) in [6.45, 7) is 14.1. The molecule has 0 aliphatic rings. The molecule has 17 nitrogen and oxygen atoms in total. The fraction of sp³-hybridized carbons (Fsp3) is 0.948. The highest BCUT2D eigenvalue weighted by atomic mass is 31.2. The minimum Gasteiger partial charge on any atom is -0.462 e. The highest BCUT2D eigenvalue weighted by Crippen LogP contribution is 2.45. The molecule has 5 atom stereocenters. The van der Waals surface area contributed by atoms with Crippen molar-refractivity contribution in [3.05, 3.63) is 0 Å². The van der Waals surface area contributed by atoms with Gasteiger partial charge in [0.2, 0.25) is 0 Å². The van der Waals surface area contributed by atoms with Gasteiger partial charge in [0.1, 0.15) is 19.3 Å². The zero-order chi connectivity index (χ0) is 71.0. The van der Waals surface area contributed by atoms with E-state index < -0.39 is 97.5 Å². The lowest BCUT2D eigenvalue weighted by molar-refractivity contribution is -0.161. The van der Waals surface area contributed by atoms with Gasteiger partial charge < -0.3 is 33.8 Å². The Morgan fingerprint density at radius 1 is 0.260 bits per heavy atom. The lowest BCUT2D eigenvalue weighted by atomic mass is 10.0. The van der Waals surface area contributed by atoms with Gasteiger partial charge in [0.05, 0.1) is 26.4 Å². The fourth-order valence-corrected chi connectivity index (χ4v) is 13.3. The molecule has 19 heteroatoms. The van der Waals surface area contributed by atoms with E-state index in [-0.39, 0.29) is 25.7 Å². The van der Waals surface area contributed by atoms with Gasteiger partial charge in [0, 0.05) is 25.7 Å². The minimum absolute atomic E-state index is 0.104. The smallest absolute Gasteiger partial charge is 0.462 e. The third-order valence-corrected chi connectivity index (χ3v) is 19.7. The molecule has 0 spiro atoms. The van der Waals surface area contributed by atoms with E-state index in [0.717, 1.165) is 114 Å². The van der Waals surface area contributed by atoms with Crippen LogP contribution >= 0.6 is 15.6 Å². The van der Waals surface area contributed by atoms with Gasteiger partial charge in [0.25, 0.3) is 0 Å². The van der Waals surface area contributed by atoms with Crippen molar-refractivity contribution in [1.29, 1.82) is 0 Å². The summed E-state index contributed by atoms with van der Waals surface area (Å²) in [4.78, 5) is 72.8. The number of aliphatic hydroxyl groups is 1. The van der Waals surface area contributed by atoms with Crippen LogP contribution in [0.15, 0.2) is 0 Å². The number of phosphoric ester groups is 2. The molecule has 0 amide bonds. The summed E-state index contributed by atoms with van der Waals surface area (Å²) in [6, 6.07) is 0. The largest absolute Gasteiger partial charge is 0.472 e. The van der Waals surface area contributed by atoms with Crippen molar-refractivity contribution in [2.75, 3.05) is 39.6 Å². The van der Waals surface area contributed by atoms with E-state index in [9.17, 15) is 43.2 Å². The molecular weight excluding hydrogens is 1260 g/mol. The molecule has 96 heavy (non-hydrogen) atoms. The SMILES string of the molecule is CC(C)CCCCCCCCCCCCCCCCCCCCC(=O)O[C@H](COC(=O)CCCCCCCCCCCCCC(C)C)COP(=O)(O)OC[C@@H](O)COP(=O)(O)OC[C@@H](COC(=O)CCCCCCCCC(C)C)OC(=O)CCCCCCCCCCCC(C)C. The van der Waals surface area contributed by atoms with Gasteiger partial charge in [-0.3, -0.25) is 37.3 Å². The standard InChI is InChI=1S/C77H150O17P2/c1-67(2)53-45-37-29-23-18-15-13-11-9-10-12-14-16-20-27-33-43-51-59-76(81)93-72(63-87-74(79)57-49-41-32-26-21-17-19-24-30-38-46-54-68(3)4)65-91-95(83,84)89-61-71(78)62-90-96(85,86)92-66-73(64-88-75(80)58-50-42-36-35-40-48-56-70(7)8)94-77(82)60-52-44-34-28-22-25-31-39-47-55-69(5)6/h67-73,78H,9-66H2,1-8H3,(H,83,84)(H,85,86)/t71-,72-,73-/m1/s1. The average molecular weight is 1410 g/mol. The molecule has 570 valence electrons. The highest BCUT2D eigenvalue weighted by Gasteiger charge is 2.30. The molecule has 0 aromatic carbocycles. The third-order valence-electron chi connectivity index (χ3n) is 17.8. The van der Waals surface area contributed by atoms with E-state index in [4.69, 9.17) is 37.0 Å². The number of carbonyl (C=O) groups excluding carboxylic acids is 4. The maximum absolute atomic E-state index is 13.1. The Kier molecular flexibility index (Phi) is 65.0. The Balaban J connectivity index is 5.20. The van der Waals surface area contributed by atoms with Crippen molar-refractivity contribution >= 4 is 39.5 Å². The lowest BCUT2D eigenvalue weighted by Gasteiger charge is -2.21. The van der Waals surface area contributed by atoms with Crippen LogP contribution in [0, 0.1) is 23.7 Å². The van der Waals surface area contributed by atoms with E-state index in [1.54, 1.807) is 0 Å². The van der Waals surface area contributed by atoms with E-state index >= 15 is 0 Å². The minimum atomic E-state index is -4.96. The summed E-state index contributed by atoms with van der Waals surface area (Å²) in [7, 11) is -9.91. The fourth-order valence-electron chi connectivity index (χ4n) is 11.7. The molecule has 0 saturated carbocycles. The molecule has 0 aliphatic carbocycles. The molecule has 3 N–H and O–H groups in total. The Bertz CT molecular complexity index is 1880.